The lowest BCUT2D eigenvalue weighted by atomic mass is 9.77. The third kappa shape index (κ3) is 3.62. The van der Waals surface area contributed by atoms with Gasteiger partial charge in [-0.25, -0.2) is 0 Å². The van der Waals surface area contributed by atoms with Crippen LogP contribution in [0.1, 0.15) is 39.5 Å². The smallest absolute Gasteiger partial charge is 0.0310 e. The van der Waals surface area contributed by atoms with Crippen LogP contribution in [0.2, 0.25) is 0 Å². The van der Waals surface area contributed by atoms with E-state index in [0.29, 0.717) is 6.04 Å². The summed E-state index contributed by atoms with van der Waals surface area (Å²) in [5.41, 5.74) is 0. The summed E-state index contributed by atoms with van der Waals surface area (Å²) in [7, 11) is 0. The molecule has 82 valence electrons. The van der Waals surface area contributed by atoms with E-state index in [9.17, 15) is 0 Å². The highest BCUT2D eigenvalue weighted by atomic mass is 35.5. The molecule has 0 aromatic rings. The molecule has 14 heavy (non-hydrogen) atoms. The summed E-state index contributed by atoms with van der Waals surface area (Å²) in [4.78, 5) is 0. The Kier molecular flexibility index (Phi) is 4.97. The Morgan fingerprint density at radius 2 is 2.21 bits per heavy atom. The normalized spacial score (nSPS) is 32.9. The number of nitrogens with one attached hydrogen (secondary N) is 1. The summed E-state index contributed by atoms with van der Waals surface area (Å²) in [6.45, 7) is 9.11. The summed E-state index contributed by atoms with van der Waals surface area (Å²) in [5.74, 6) is 1.73. The second-order valence-electron chi connectivity index (χ2n) is 4.59. The Labute approximate surface area is 92.9 Å². The van der Waals surface area contributed by atoms with Crippen molar-refractivity contribution < 1.29 is 0 Å². The van der Waals surface area contributed by atoms with Gasteiger partial charge in [0.05, 0.1) is 0 Å². The maximum atomic E-state index is 5.76. The predicted molar refractivity (Wildman–Crippen MR) is 63.6 cm³/mol. The Balaban J connectivity index is 2.38. The molecule has 1 aliphatic carbocycles. The number of halogens is 1. The topological polar surface area (TPSA) is 12.0 Å². The highest BCUT2D eigenvalue weighted by Crippen LogP contribution is 2.31. The van der Waals surface area contributed by atoms with Gasteiger partial charge >= 0.3 is 0 Å². The molecule has 1 saturated carbocycles. The van der Waals surface area contributed by atoms with Crippen molar-refractivity contribution in [2.75, 3.05) is 6.54 Å². The molecule has 1 N–H and O–H groups in total. The zero-order valence-corrected chi connectivity index (χ0v) is 10.1. The van der Waals surface area contributed by atoms with Crippen molar-refractivity contribution in [3.8, 4) is 0 Å². The maximum absolute atomic E-state index is 5.76. The van der Waals surface area contributed by atoms with Crippen molar-refractivity contribution in [2.24, 2.45) is 11.8 Å². The molecule has 3 atom stereocenters. The van der Waals surface area contributed by atoms with Crippen LogP contribution in [0.15, 0.2) is 11.6 Å². The van der Waals surface area contributed by atoms with Gasteiger partial charge in [-0.05, 0) is 31.1 Å². The lowest BCUT2D eigenvalue weighted by Crippen LogP contribution is -2.40. The van der Waals surface area contributed by atoms with E-state index in [1.54, 1.807) is 0 Å². The van der Waals surface area contributed by atoms with E-state index in [1.807, 2.05) is 0 Å². The van der Waals surface area contributed by atoms with Gasteiger partial charge in [0, 0.05) is 17.6 Å². The fraction of sp³-hybridized carbons (Fsp3) is 0.833. The second-order valence-corrected chi connectivity index (χ2v) is 5.13. The molecule has 0 spiro atoms. The number of hydrogen-bond donors (Lipinski definition) is 1. The SMILES string of the molecule is C=C(Cl)CNC1CCC(C)CC1CC. The van der Waals surface area contributed by atoms with Crippen molar-refractivity contribution in [1.82, 2.24) is 5.32 Å². The molecule has 1 rings (SSSR count). The molecule has 0 radical (unpaired) electrons. The van der Waals surface area contributed by atoms with Crippen LogP contribution in [0.3, 0.4) is 0 Å². The molecule has 0 heterocycles. The van der Waals surface area contributed by atoms with E-state index in [1.165, 1.54) is 25.7 Å². The molecule has 1 nitrogen and oxygen atoms in total. The van der Waals surface area contributed by atoms with Gasteiger partial charge in [0.25, 0.3) is 0 Å². The van der Waals surface area contributed by atoms with Crippen LogP contribution in [0.5, 0.6) is 0 Å². The molecule has 0 aliphatic heterocycles. The van der Waals surface area contributed by atoms with E-state index in [4.69, 9.17) is 11.6 Å². The van der Waals surface area contributed by atoms with Crippen LogP contribution in [0, 0.1) is 11.8 Å². The summed E-state index contributed by atoms with van der Waals surface area (Å²) < 4.78 is 0. The van der Waals surface area contributed by atoms with Crippen LogP contribution in [-0.4, -0.2) is 12.6 Å². The van der Waals surface area contributed by atoms with Gasteiger partial charge in [0.2, 0.25) is 0 Å². The molecule has 0 saturated heterocycles. The molecular formula is C12H22ClN. The molecule has 1 aliphatic rings. The molecule has 0 bridgehead atoms. The van der Waals surface area contributed by atoms with Crippen LogP contribution in [0.25, 0.3) is 0 Å². The minimum atomic E-state index is 0.659. The van der Waals surface area contributed by atoms with Crippen molar-refractivity contribution in [3.05, 3.63) is 11.6 Å². The van der Waals surface area contributed by atoms with Crippen molar-refractivity contribution >= 4 is 11.6 Å². The largest absolute Gasteiger partial charge is 0.309 e. The molecule has 0 aromatic carbocycles. The average Bonchev–Trinajstić information content (AvgIpc) is 2.15. The third-order valence-electron chi connectivity index (χ3n) is 3.33. The molecule has 2 heteroatoms. The minimum Gasteiger partial charge on any atom is -0.309 e. The van der Waals surface area contributed by atoms with Gasteiger partial charge in [-0.2, -0.15) is 0 Å². The van der Waals surface area contributed by atoms with Gasteiger partial charge in [-0.15, -0.1) is 0 Å². The van der Waals surface area contributed by atoms with E-state index >= 15 is 0 Å². The molecular weight excluding hydrogens is 194 g/mol. The number of hydrogen-bond acceptors (Lipinski definition) is 1. The van der Waals surface area contributed by atoms with E-state index in [0.717, 1.165) is 23.4 Å². The molecule has 3 unspecified atom stereocenters. The zero-order valence-electron chi connectivity index (χ0n) is 9.35. The first-order valence-corrected chi connectivity index (χ1v) is 6.08. The summed E-state index contributed by atoms with van der Waals surface area (Å²) in [6, 6.07) is 0.659. The van der Waals surface area contributed by atoms with Crippen LogP contribution in [0.4, 0.5) is 0 Å². The zero-order chi connectivity index (χ0) is 10.6. The molecule has 1 fully saturated rings. The van der Waals surface area contributed by atoms with Crippen molar-refractivity contribution in [2.45, 2.75) is 45.6 Å². The Bertz CT molecular complexity index is 191. The number of rotatable bonds is 4. The van der Waals surface area contributed by atoms with Gasteiger partial charge in [-0.3, -0.25) is 0 Å². The highest BCUT2D eigenvalue weighted by Gasteiger charge is 2.26. The van der Waals surface area contributed by atoms with E-state index < -0.39 is 0 Å². The van der Waals surface area contributed by atoms with Gasteiger partial charge in [0.15, 0.2) is 0 Å². The van der Waals surface area contributed by atoms with Gasteiger partial charge in [-0.1, -0.05) is 38.4 Å². The standard InChI is InChI=1S/C12H22ClN/c1-4-11-7-9(2)5-6-12(11)14-8-10(3)13/h9,11-12,14H,3-8H2,1-2H3. The Morgan fingerprint density at radius 1 is 1.50 bits per heavy atom. The highest BCUT2D eigenvalue weighted by molar-refractivity contribution is 6.29. The third-order valence-corrected chi connectivity index (χ3v) is 3.46. The lowest BCUT2D eigenvalue weighted by molar-refractivity contribution is 0.212. The Morgan fingerprint density at radius 3 is 2.79 bits per heavy atom. The van der Waals surface area contributed by atoms with Crippen LogP contribution in [-0.2, 0) is 0 Å². The summed E-state index contributed by atoms with van der Waals surface area (Å²) >= 11 is 5.76. The Hall–Kier alpha value is -0.0100. The van der Waals surface area contributed by atoms with E-state index in [-0.39, 0.29) is 0 Å². The predicted octanol–water partition coefficient (Wildman–Crippen LogP) is 3.54. The first-order chi connectivity index (χ1) is 6.63. The fourth-order valence-corrected chi connectivity index (χ4v) is 2.54. The van der Waals surface area contributed by atoms with E-state index in [2.05, 4.69) is 25.7 Å². The monoisotopic (exact) mass is 215 g/mol. The first-order valence-electron chi connectivity index (χ1n) is 5.70. The first kappa shape index (κ1) is 12.1. The fourth-order valence-electron chi connectivity index (χ4n) is 2.46. The molecule has 0 amide bonds. The minimum absolute atomic E-state index is 0.659. The molecule has 0 aromatic heterocycles. The van der Waals surface area contributed by atoms with Crippen molar-refractivity contribution in [3.63, 3.8) is 0 Å². The second kappa shape index (κ2) is 5.77. The summed E-state index contributed by atoms with van der Waals surface area (Å²) in [5, 5.41) is 4.23. The quantitative estimate of drug-likeness (QED) is 0.757. The van der Waals surface area contributed by atoms with Crippen molar-refractivity contribution in [1.29, 1.82) is 0 Å². The van der Waals surface area contributed by atoms with Gasteiger partial charge < -0.3 is 5.32 Å². The lowest BCUT2D eigenvalue weighted by Gasteiger charge is -2.35. The average molecular weight is 216 g/mol. The van der Waals surface area contributed by atoms with Crippen LogP contribution >= 0.6 is 11.6 Å². The van der Waals surface area contributed by atoms with Crippen LogP contribution < -0.4 is 5.32 Å². The van der Waals surface area contributed by atoms with Gasteiger partial charge in [0.1, 0.15) is 0 Å². The summed E-state index contributed by atoms with van der Waals surface area (Å²) in [6.07, 6.45) is 5.28. The maximum Gasteiger partial charge on any atom is 0.0310 e.